The van der Waals surface area contributed by atoms with Gasteiger partial charge < -0.3 is 15.0 Å². The lowest BCUT2D eigenvalue weighted by Crippen LogP contribution is -2.37. The smallest absolute Gasteiger partial charge is 0.129 e. The van der Waals surface area contributed by atoms with Gasteiger partial charge in [0.25, 0.3) is 0 Å². The van der Waals surface area contributed by atoms with Crippen LogP contribution in [-0.2, 0) is 11.3 Å². The van der Waals surface area contributed by atoms with Crippen molar-refractivity contribution >= 4 is 5.82 Å². The molecule has 1 saturated heterocycles. The zero-order valence-electron chi connectivity index (χ0n) is 12.3. The molecule has 0 aliphatic carbocycles. The summed E-state index contributed by atoms with van der Waals surface area (Å²) in [5, 5.41) is 3.37. The Morgan fingerprint density at radius 3 is 2.74 bits per heavy atom. The Bertz CT molecular complexity index is 400. The summed E-state index contributed by atoms with van der Waals surface area (Å²) in [6.45, 7) is 8.19. The lowest BCUT2D eigenvalue weighted by Gasteiger charge is -2.32. The minimum absolute atomic E-state index is 0.419. The molecule has 0 atom stereocenters. The minimum atomic E-state index is 0.419. The molecule has 0 unspecified atom stereocenters. The molecule has 1 aromatic heterocycles. The molecule has 4 heteroatoms. The Morgan fingerprint density at radius 2 is 2.11 bits per heavy atom. The van der Waals surface area contributed by atoms with E-state index in [2.05, 4.69) is 41.2 Å². The first-order valence-electron chi connectivity index (χ1n) is 7.19. The molecule has 0 bridgehead atoms. The number of nitrogens with zero attached hydrogens (tertiary/aromatic N) is 2. The van der Waals surface area contributed by atoms with E-state index >= 15 is 0 Å². The largest absolute Gasteiger partial charge is 0.381 e. The molecule has 0 spiro atoms. The van der Waals surface area contributed by atoms with Crippen molar-refractivity contribution in [1.82, 2.24) is 10.3 Å². The molecule has 19 heavy (non-hydrogen) atoms. The Balaban J connectivity index is 2.05. The number of nitrogens with one attached hydrogen (secondary N) is 1. The molecule has 1 aromatic rings. The number of pyridine rings is 1. The molecule has 4 nitrogen and oxygen atoms in total. The van der Waals surface area contributed by atoms with Gasteiger partial charge in [-0.1, -0.05) is 6.92 Å². The first-order chi connectivity index (χ1) is 9.22. The summed E-state index contributed by atoms with van der Waals surface area (Å²) in [4.78, 5) is 7.05. The third-order valence-electron chi connectivity index (χ3n) is 3.68. The van der Waals surface area contributed by atoms with Gasteiger partial charge in [0, 0.05) is 32.4 Å². The predicted molar refractivity (Wildman–Crippen MR) is 78.6 cm³/mol. The van der Waals surface area contributed by atoms with Gasteiger partial charge >= 0.3 is 0 Å². The van der Waals surface area contributed by atoms with E-state index in [4.69, 9.17) is 4.74 Å². The van der Waals surface area contributed by atoms with Crippen LogP contribution in [0.3, 0.4) is 0 Å². The second-order valence-corrected chi connectivity index (χ2v) is 5.18. The van der Waals surface area contributed by atoms with Gasteiger partial charge in [-0.05, 0) is 44.0 Å². The molecule has 2 heterocycles. The molecule has 1 aliphatic rings. The quantitative estimate of drug-likeness (QED) is 0.883. The fourth-order valence-electron chi connectivity index (χ4n) is 2.58. The number of ether oxygens (including phenoxy) is 1. The summed E-state index contributed by atoms with van der Waals surface area (Å²) in [5.41, 5.74) is 2.41. The highest BCUT2D eigenvalue weighted by Crippen LogP contribution is 2.21. The number of aromatic nitrogens is 1. The topological polar surface area (TPSA) is 37.4 Å². The standard InChI is InChI=1S/C15H25N3O/c1-4-16-11-13-9-12(2)17-15(10-13)18-7-5-14(19-3)6-8-18/h9-10,14,16H,4-8,11H2,1-3H3. The van der Waals surface area contributed by atoms with Gasteiger partial charge in [0.1, 0.15) is 5.82 Å². The van der Waals surface area contributed by atoms with Crippen LogP contribution in [0.1, 0.15) is 31.0 Å². The van der Waals surface area contributed by atoms with Crippen LogP contribution in [0.5, 0.6) is 0 Å². The van der Waals surface area contributed by atoms with Crippen LogP contribution >= 0.6 is 0 Å². The van der Waals surface area contributed by atoms with Crippen LogP contribution in [0.25, 0.3) is 0 Å². The number of aryl methyl sites for hydroxylation is 1. The van der Waals surface area contributed by atoms with Gasteiger partial charge in [-0.25, -0.2) is 4.98 Å². The Kier molecular flexibility index (Phi) is 5.16. The summed E-state index contributed by atoms with van der Waals surface area (Å²) in [6, 6.07) is 4.37. The number of hydrogen-bond acceptors (Lipinski definition) is 4. The average molecular weight is 263 g/mol. The van der Waals surface area contributed by atoms with Gasteiger partial charge in [-0.15, -0.1) is 0 Å². The molecule has 106 valence electrons. The molecule has 0 amide bonds. The van der Waals surface area contributed by atoms with Crippen molar-refractivity contribution in [3.8, 4) is 0 Å². The van der Waals surface area contributed by atoms with Crippen LogP contribution < -0.4 is 10.2 Å². The van der Waals surface area contributed by atoms with Crippen molar-refractivity contribution in [3.05, 3.63) is 23.4 Å². The molecule has 0 aromatic carbocycles. The van der Waals surface area contributed by atoms with Crippen molar-refractivity contribution in [2.75, 3.05) is 31.6 Å². The maximum atomic E-state index is 5.42. The van der Waals surface area contributed by atoms with Gasteiger partial charge in [0.2, 0.25) is 0 Å². The number of methoxy groups -OCH3 is 1. The highest BCUT2D eigenvalue weighted by Gasteiger charge is 2.20. The van der Waals surface area contributed by atoms with Crippen molar-refractivity contribution < 1.29 is 4.74 Å². The molecular weight excluding hydrogens is 238 g/mol. The van der Waals surface area contributed by atoms with E-state index in [0.29, 0.717) is 6.10 Å². The summed E-state index contributed by atoms with van der Waals surface area (Å²) in [5.74, 6) is 1.11. The van der Waals surface area contributed by atoms with Crippen LogP contribution in [0.2, 0.25) is 0 Å². The average Bonchev–Trinajstić information content (AvgIpc) is 2.44. The lowest BCUT2D eigenvalue weighted by molar-refractivity contribution is 0.0818. The molecule has 1 fully saturated rings. The third kappa shape index (κ3) is 3.91. The maximum Gasteiger partial charge on any atom is 0.129 e. The van der Waals surface area contributed by atoms with Crippen molar-refractivity contribution in [3.63, 3.8) is 0 Å². The van der Waals surface area contributed by atoms with E-state index in [1.807, 2.05) is 0 Å². The first-order valence-corrected chi connectivity index (χ1v) is 7.19. The fourth-order valence-corrected chi connectivity index (χ4v) is 2.58. The second-order valence-electron chi connectivity index (χ2n) is 5.18. The van der Waals surface area contributed by atoms with Crippen LogP contribution in [0.4, 0.5) is 5.82 Å². The zero-order chi connectivity index (χ0) is 13.7. The van der Waals surface area contributed by atoms with E-state index < -0.39 is 0 Å². The number of rotatable bonds is 5. The molecule has 0 radical (unpaired) electrons. The van der Waals surface area contributed by atoms with E-state index in [0.717, 1.165) is 50.5 Å². The molecule has 1 aliphatic heterocycles. The first kappa shape index (κ1) is 14.3. The second kappa shape index (κ2) is 6.87. The zero-order valence-corrected chi connectivity index (χ0v) is 12.3. The number of hydrogen-bond donors (Lipinski definition) is 1. The van der Waals surface area contributed by atoms with E-state index in [1.165, 1.54) is 5.56 Å². The van der Waals surface area contributed by atoms with Gasteiger partial charge in [0.15, 0.2) is 0 Å². The van der Waals surface area contributed by atoms with Crippen LogP contribution in [0.15, 0.2) is 12.1 Å². The normalized spacial score (nSPS) is 16.9. The number of piperidine rings is 1. The van der Waals surface area contributed by atoms with Crippen molar-refractivity contribution in [1.29, 1.82) is 0 Å². The number of anilines is 1. The molecule has 0 saturated carbocycles. The van der Waals surface area contributed by atoms with Crippen LogP contribution in [0, 0.1) is 6.92 Å². The SMILES string of the molecule is CCNCc1cc(C)nc(N2CCC(OC)CC2)c1. The third-order valence-corrected chi connectivity index (χ3v) is 3.68. The van der Waals surface area contributed by atoms with Crippen LogP contribution in [-0.4, -0.2) is 37.8 Å². The molecule has 1 N–H and O–H groups in total. The predicted octanol–water partition coefficient (Wildman–Crippen LogP) is 2.11. The lowest BCUT2D eigenvalue weighted by atomic mass is 10.1. The molecule has 2 rings (SSSR count). The highest BCUT2D eigenvalue weighted by atomic mass is 16.5. The Labute approximate surface area is 116 Å². The maximum absolute atomic E-state index is 5.42. The fraction of sp³-hybridized carbons (Fsp3) is 0.667. The monoisotopic (exact) mass is 263 g/mol. The van der Waals surface area contributed by atoms with E-state index in [9.17, 15) is 0 Å². The molecular formula is C15H25N3O. The van der Waals surface area contributed by atoms with Gasteiger partial charge in [0.05, 0.1) is 6.10 Å². The van der Waals surface area contributed by atoms with E-state index in [-0.39, 0.29) is 0 Å². The summed E-state index contributed by atoms with van der Waals surface area (Å²) >= 11 is 0. The summed E-state index contributed by atoms with van der Waals surface area (Å²) in [6.07, 6.45) is 2.60. The van der Waals surface area contributed by atoms with Gasteiger partial charge in [-0.2, -0.15) is 0 Å². The Hall–Kier alpha value is -1.13. The summed E-state index contributed by atoms with van der Waals surface area (Å²) < 4.78 is 5.42. The van der Waals surface area contributed by atoms with Crippen molar-refractivity contribution in [2.24, 2.45) is 0 Å². The van der Waals surface area contributed by atoms with E-state index in [1.54, 1.807) is 7.11 Å². The highest BCUT2D eigenvalue weighted by molar-refractivity contribution is 5.43. The van der Waals surface area contributed by atoms with Gasteiger partial charge in [-0.3, -0.25) is 0 Å². The van der Waals surface area contributed by atoms with Crippen molar-refractivity contribution in [2.45, 2.75) is 39.3 Å². The Morgan fingerprint density at radius 1 is 1.37 bits per heavy atom. The summed E-state index contributed by atoms with van der Waals surface area (Å²) in [7, 11) is 1.81. The minimum Gasteiger partial charge on any atom is -0.381 e.